The Morgan fingerprint density at radius 3 is 1.07 bits per heavy atom. The molecule has 0 heterocycles. The molecule has 0 aliphatic heterocycles. The van der Waals surface area contributed by atoms with E-state index in [-0.39, 0.29) is 16.7 Å². The zero-order valence-corrected chi connectivity index (χ0v) is 23.4. The summed E-state index contributed by atoms with van der Waals surface area (Å²) < 4.78 is 28.2. The minimum absolute atomic E-state index is 0.179. The molecule has 0 N–H and O–H groups in total. The van der Waals surface area contributed by atoms with Gasteiger partial charge in [-0.1, -0.05) is 36.4 Å². The van der Waals surface area contributed by atoms with Crippen molar-refractivity contribution in [1.29, 1.82) is 0 Å². The number of hydrogen-bond acceptors (Lipinski definition) is 9. The van der Waals surface area contributed by atoms with Crippen LogP contribution >= 0.6 is 0 Å². The predicted molar refractivity (Wildman–Crippen MR) is 146 cm³/mol. The maximum absolute atomic E-state index is 12.8. The molecule has 204 valence electrons. The number of para-hydroxylation sites is 3. The lowest BCUT2D eigenvalue weighted by atomic mass is 10.2. The zero-order chi connectivity index (χ0) is 28.7. The molecular formula is C27H27AlN6O6. The van der Waals surface area contributed by atoms with Gasteiger partial charge in [-0.05, 0) is 57.2 Å². The zero-order valence-electron chi connectivity index (χ0n) is 22.3. The van der Waals surface area contributed by atoms with Gasteiger partial charge in [0, 0.05) is 0 Å². The van der Waals surface area contributed by atoms with Crippen molar-refractivity contribution < 1.29 is 28.6 Å². The van der Waals surface area contributed by atoms with E-state index in [1.165, 1.54) is 18.2 Å². The van der Waals surface area contributed by atoms with E-state index < -0.39 is 32.5 Å². The number of carbonyl (C=O) groups is 3. The number of amides is 3. The third-order valence-corrected chi connectivity index (χ3v) is 5.97. The first-order valence-corrected chi connectivity index (χ1v) is 14.0. The molecule has 3 amide bonds. The molecule has 0 saturated heterocycles. The average molecular weight is 559 g/mol. The lowest BCUT2D eigenvalue weighted by Crippen LogP contribution is -2.08. The number of ether oxygens (including phenoxy) is 3. The Balaban J connectivity index is 1.90. The fraction of sp³-hybridized carbons (Fsp3) is 0.222. The van der Waals surface area contributed by atoms with Crippen molar-refractivity contribution in [2.24, 2.45) is 27.6 Å². The molecule has 3 rings (SSSR count). The van der Waals surface area contributed by atoms with Crippen molar-refractivity contribution in [3.8, 4) is 17.2 Å². The summed E-state index contributed by atoms with van der Waals surface area (Å²) in [5.41, 5.74) is 0.537. The molecular weight excluding hydrogens is 531 g/mol. The molecule has 0 radical (unpaired) electrons. The highest BCUT2D eigenvalue weighted by atomic mass is 27.2. The molecule has 12 nitrogen and oxygen atoms in total. The number of nitrogens with zero attached hydrogens (tertiary/aromatic N) is 6. The van der Waals surface area contributed by atoms with E-state index >= 15 is 0 Å². The maximum atomic E-state index is 12.8. The second-order valence-electron chi connectivity index (χ2n) is 7.70. The Morgan fingerprint density at radius 2 is 0.800 bits per heavy atom. The van der Waals surface area contributed by atoms with Gasteiger partial charge in [0.2, 0.25) is 0 Å². The van der Waals surface area contributed by atoms with Crippen molar-refractivity contribution in [1.82, 2.24) is 0 Å². The van der Waals surface area contributed by atoms with Crippen LogP contribution in [0.4, 0.5) is 0 Å². The van der Waals surface area contributed by atoms with Crippen molar-refractivity contribution in [2.45, 2.75) is 20.8 Å². The van der Waals surface area contributed by atoms with E-state index in [0.29, 0.717) is 37.1 Å². The second-order valence-corrected chi connectivity index (χ2v) is 9.08. The smallest absolute Gasteiger partial charge is 0.493 e. The largest absolute Gasteiger partial charge is 0.856 e. The summed E-state index contributed by atoms with van der Waals surface area (Å²) in [5.74, 6) is -1.14. The van der Waals surface area contributed by atoms with Crippen LogP contribution in [0.2, 0.25) is 0 Å². The van der Waals surface area contributed by atoms with Crippen LogP contribution in [0, 0.1) is 0 Å². The Kier molecular flexibility index (Phi) is 11.8. The van der Waals surface area contributed by atoms with Gasteiger partial charge >= 0.3 is 14.8 Å². The van der Waals surface area contributed by atoms with E-state index in [1.807, 2.05) is 0 Å². The number of carbonyl (C=O) groups excluding carboxylic acids is 3. The molecule has 0 unspecified atom stereocenters. The van der Waals surface area contributed by atoms with E-state index in [4.69, 9.17) is 14.2 Å². The fourth-order valence-corrected chi connectivity index (χ4v) is 4.08. The predicted octanol–water partition coefficient (Wildman–Crippen LogP) is 6.05. The van der Waals surface area contributed by atoms with Gasteiger partial charge in [0.1, 0.15) is 17.2 Å². The first kappa shape index (κ1) is 30.0. The maximum Gasteiger partial charge on any atom is 0.856 e. The molecule has 0 aliphatic rings. The highest BCUT2D eigenvalue weighted by Crippen LogP contribution is 2.21. The standard InChI is InChI=1S/3C9H9N2O2.Al/c3*1-2-13-8-6-4-3-5-7(8)9(12)11-10;/h3*3-6H,2H2,1H3;/q3*-1;+3. The van der Waals surface area contributed by atoms with Crippen molar-refractivity contribution in [3.63, 3.8) is 0 Å². The lowest BCUT2D eigenvalue weighted by Gasteiger charge is -2.06. The van der Waals surface area contributed by atoms with Crippen molar-refractivity contribution in [2.75, 3.05) is 19.8 Å². The average Bonchev–Trinajstić information content (AvgIpc) is 2.97. The monoisotopic (exact) mass is 558 g/mol. The topological polar surface area (TPSA) is 153 Å². The minimum Gasteiger partial charge on any atom is -0.493 e. The number of rotatable bonds is 12. The Labute approximate surface area is 235 Å². The quantitative estimate of drug-likeness (QED) is 0.195. The summed E-state index contributed by atoms with van der Waals surface area (Å²) in [4.78, 5) is 38.3. The van der Waals surface area contributed by atoms with Crippen LogP contribution in [-0.4, -0.2) is 52.4 Å². The van der Waals surface area contributed by atoms with Gasteiger partial charge < -0.3 is 14.2 Å². The molecule has 0 bridgehead atoms. The molecule has 0 aliphatic carbocycles. The molecule has 3 aromatic carbocycles. The molecule has 0 fully saturated rings. The normalized spacial score (nSPS) is 11.2. The summed E-state index contributed by atoms with van der Waals surface area (Å²) in [6, 6.07) is 19.6. The Bertz CT molecular complexity index is 1260. The van der Waals surface area contributed by atoms with Crippen LogP contribution in [0.3, 0.4) is 0 Å². The van der Waals surface area contributed by atoms with Gasteiger partial charge in [0.25, 0.3) is 17.7 Å². The van der Waals surface area contributed by atoms with Crippen molar-refractivity contribution >= 4 is 32.5 Å². The first-order chi connectivity index (χ1) is 19.5. The SMILES string of the molecule is CCOc1ccccc1C(=O)N=[N][Al]([N]=NC(=O)c1ccccc1OCC)[N]=NC(=O)c1ccccc1OCC. The third kappa shape index (κ3) is 8.46. The lowest BCUT2D eigenvalue weighted by molar-refractivity contribution is 0.0985. The summed E-state index contributed by atoms with van der Waals surface area (Å²) in [5, 5.41) is 11.2. The van der Waals surface area contributed by atoms with Crippen LogP contribution in [0.25, 0.3) is 0 Å². The van der Waals surface area contributed by atoms with Crippen LogP contribution in [0.5, 0.6) is 17.2 Å². The van der Waals surface area contributed by atoms with Gasteiger partial charge in [0.15, 0.2) is 0 Å². The van der Waals surface area contributed by atoms with E-state index in [9.17, 15) is 14.4 Å². The van der Waals surface area contributed by atoms with E-state index in [1.54, 1.807) is 75.4 Å². The highest BCUT2D eigenvalue weighted by Gasteiger charge is 2.27. The van der Waals surface area contributed by atoms with Crippen LogP contribution in [0.15, 0.2) is 100 Å². The molecule has 13 heteroatoms. The summed E-state index contributed by atoms with van der Waals surface area (Å²) in [7, 11) is 0. The van der Waals surface area contributed by atoms with E-state index in [0.717, 1.165) is 0 Å². The van der Waals surface area contributed by atoms with Crippen LogP contribution in [-0.2, 0) is 0 Å². The van der Waals surface area contributed by atoms with E-state index in [2.05, 4.69) is 27.6 Å². The number of hydrogen-bond donors (Lipinski definition) is 0. The molecule has 0 aromatic heterocycles. The Morgan fingerprint density at radius 1 is 0.525 bits per heavy atom. The van der Waals surface area contributed by atoms with Gasteiger partial charge in [-0.2, -0.15) is 0 Å². The summed E-state index contributed by atoms with van der Waals surface area (Å²) in [6.45, 7) is 6.39. The van der Waals surface area contributed by atoms with Crippen molar-refractivity contribution in [3.05, 3.63) is 89.5 Å². The van der Waals surface area contributed by atoms with Gasteiger partial charge in [-0.15, -0.1) is 15.3 Å². The third-order valence-electron chi connectivity index (χ3n) is 5.01. The highest BCUT2D eigenvalue weighted by molar-refractivity contribution is 6.52. The first-order valence-electron chi connectivity index (χ1n) is 12.5. The minimum atomic E-state index is -3.28. The number of benzene rings is 3. The summed E-state index contributed by atoms with van der Waals surface area (Å²) in [6.07, 6.45) is 0. The van der Waals surface area contributed by atoms with Crippen LogP contribution in [0.1, 0.15) is 51.8 Å². The van der Waals surface area contributed by atoms with Gasteiger partial charge in [-0.3, -0.25) is 14.4 Å². The van der Waals surface area contributed by atoms with Crippen LogP contribution < -0.4 is 14.2 Å². The molecule has 0 spiro atoms. The molecule has 3 aromatic rings. The van der Waals surface area contributed by atoms with Gasteiger partial charge in [-0.25, -0.2) is 12.3 Å². The molecule has 40 heavy (non-hydrogen) atoms. The molecule has 0 atom stereocenters. The fourth-order valence-electron chi connectivity index (χ4n) is 3.32. The van der Waals surface area contributed by atoms with Gasteiger partial charge in [0.05, 0.1) is 36.5 Å². The second kappa shape index (κ2) is 15.7. The Hall–Kier alpha value is -4.60. The molecule has 0 saturated carbocycles. The summed E-state index contributed by atoms with van der Waals surface area (Å²) >= 11 is -3.28.